The quantitative estimate of drug-likeness (QED) is 0.799. The molecule has 0 saturated heterocycles. The maximum absolute atomic E-state index is 12.5. The second kappa shape index (κ2) is 5.61. The first-order valence-electron chi connectivity index (χ1n) is 5.91. The first kappa shape index (κ1) is 14.5. The van der Waals surface area contributed by atoms with Crippen LogP contribution in [0.3, 0.4) is 0 Å². The molecule has 0 N–H and O–H groups in total. The van der Waals surface area contributed by atoms with Crippen LogP contribution in [0.25, 0.3) is 10.4 Å². The van der Waals surface area contributed by atoms with E-state index in [1.807, 2.05) is 24.4 Å². The molecule has 0 aliphatic rings. The number of benzene rings is 1. The largest absolute Gasteiger partial charge is 0.287 e. The van der Waals surface area contributed by atoms with E-state index in [1.165, 1.54) is 23.5 Å². The SMILES string of the molecule is [C-]#[N+]/C(=C(\C)c1cccs1)S(=O)(=O)c1ccc(C)cc1. The lowest BCUT2D eigenvalue weighted by Gasteiger charge is -2.06. The van der Waals surface area contributed by atoms with Crippen molar-refractivity contribution in [3.05, 3.63) is 68.7 Å². The minimum Gasteiger partial charge on any atom is -0.230 e. The first-order chi connectivity index (χ1) is 9.46. The fourth-order valence-electron chi connectivity index (χ4n) is 1.77. The molecule has 0 unspecified atom stereocenters. The van der Waals surface area contributed by atoms with Crippen LogP contribution in [0.4, 0.5) is 0 Å². The lowest BCUT2D eigenvalue weighted by Crippen LogP contribution is -2.04. The Morgan fingerprint density at radius 1 is 1.20 bits per heavy atom. The third-order valence-electron chi connectivity index (χ3n) is 2.90. The van der Waals surface area contributed by atoms with Gasteiger partial charge >= 0.3 is 0 Å². The van der Waals surface area contributed by atoms with Gasteiger partial charge in [-0.1, -0.05) is 23.8 Å². The number of rotatable bonds is 3. The maximum Gasteiger partial charge on any atom is 0.287 e. The van der Waals surface area contributed by atoms with Crippen molar-refractivity contribution in [1.29, 1.82) is 0 Å². The summed E-state index contributed by atoms with van der Waals surface area (Å²) in [5.41, 5.74) is 1.47. The summed E-state index contributed by atoms with van der Waals surface area (Å²) in [5, 5.41) is 1.66. The summed E-state index contributed by atoms with van der Waals surface area (Å²) in [6.07, 6.45) is 0. The molecule has 1 aromatic carbocycles. The molecule has 2 aromatic rings. The molecule has 20 heavy (non-hydrogen) atoms. The molecule has 0 radical (unpaired) electrons. The van der Waals surface area contributed by atoms with Crippen LogP contribution in [0, 0.1) is 13.5 Å². The number of allylic oxidation sites excluding steroid dienone is 1. The first-order valence-corrected chi connectivity index (χ1v) is 8.27. The van der Waals surface area contributed by atoms with Crippen LogP contribution in [-0.4, -0.2) is 8.42 Å². The zero-order chi connectivity index (χ0) is 14.8. The Labute approximate surface area is 122 Å². The van der Waals surface area contributed by atoms with E-state index in [2.05, 4.69) is 4.85 Å². The van der Waals surface area contributed by atoms with Crippen molar-refractivity contribution in [3.63, 3.8) is 0 Å². The molecule has 1 heterocycles. The van der Waals surface area contributed by atoms with Gasteiger partial charge in [-0.2, -0.15) is 0 Å². The molecule has 0 aliphatic carbocycles. The molecular weight excluding hydrogens is 290 g/mol. The minimum absolute atomic E-state index is 0.157. The topological polar surface area (TPSA) is 38.5 Å². The summed E-state index contributed by atoms with van der Waals surface area (Å²) >= 11 is 1.42. The van der Waals surface area contributed by atoms with E-state index in [1.54, 1.807) is 19.1 Å². The molecule has 0 atom stereocenters. The van der Waals surface area contributed by atoms with Crippen molar-refractivity contribution in [2.45, 2.75) is 18.7 Å². The van der Waals surface area contributed by atoms with E-state index in [0.29, 0.717) is 5.57 Å². The van der Waals surface area contributed by atoms with Gasteiger partial charge in [0.05, 0.1) is 11.5 Å². The van der Waals surface area contributed by atoms with Crippen molar-refractivity contribution in [2.75, 3.05) is 0 Å². The molecule has 0 amide bonds. The molecule has 0 spiro atoms. The Hall–Kier alpha value is -1.90. The maximum atomic E-state index is 12.5. The van der Waals surface area contributed by atoms with E-state index in [0.717, 1.165) is 10.4 Å². The van der Waals surface area contributed by atoms with Gasteiger partial charge < -0.3 is 0 Å². The molecule has 5 heteroatoms. The van der Waals surface area contributed by atoms with Gasteiger partial charge in [0.2, 0.25) is 9.84 Å². The van der Waals surface area contributed by atoms with Crippen LogP contribution < -0.4 is 0 Å². The molecular formula is C15H13NO2S2. The van der Waals surface area contributed by atoms with Gasteiger partial charge in [0.25, 0.3) is 5.03 Å². The Kier molecular flexibility index (Phi) is 4.07. The zero-order valence-electron chi connectivity index (χ0n) is 11.1. The van der Waals surface area contributed by atoms with Crippen LogP contribution in [0.1, 0.15) is 17.4 Å². The number of hydrogen-bond donors (Lipinski definition) is 0. The fraction of sp³-hybridized carbons (Fsp3) is 0.133. The van der Waals surface area contributed by atoms with Crippen LogP contribution in [0.2, 0.25) is 0 Å². The molecule has 0 fully saturated rings. The lowest BCUT2D eigenvalue weighted by molar-refractivity contribution is 0.603. The Balaban J connectivity index is 2.60. The Bertz CT molecular complexity index is 777. The van der Waals surface area contributed by atoms with Gasteiger partial charge in [0.15, 0.2) is 0 Å². The predicted molar refractivity (Wildman–Crippen MR) is 81.9 cm³/mol. The van der Waals surface area contributed by atoms with E-state index in [-0.39, 0.29) is 9.92 Å². The van der Waals surface area contributed by atoms with E-state index in [9.17, 15) is 8.42 Å². The monoisotopic (exact) mass is 303 g/mol. The van der Waals surface area contributed by atoms with Gasteiger partial charge in [0.1, 0.15) is 0 Å². The molecule has 102 valence electrons. The minimum atomic E-state index is -3.76. The van der Waals surface area contributed by atoms with E-state index in [4.69, 9.17) is 6.57 Å². The van der Waals surface area contributed by atoms with Crippen molar-refractivity contribution >= 4 is 26.7 Å². The third kappa shape index (κ3) is 2.67. The van der Waals surface area contributed by atoms with E-state index >= 15 is 0 Å². The van der Waals surface area contributed by atoms with Crippen LogP contribution in [-0.2, 0) is 9.84 Å². The highest BCUT2D eigenvalue weighted by molar-refractivity contribution is 7.95. The van der Waals surface area contributed by atoms with Gasteiger partial charge in [-0.3, -0.25) is 0 Å². The summed E-state index contributed by atoms with van der Waals surface area (Å²) < 4.78 is 25.1. The van der Waals surface area contributed by atoms with E-state index < -0.39 is 9.84 Å². The second-order valence-corrected chi connectivity index (χ2v) is 7.15. The summed E-state index contributed by atoms with van der Waals surface area (Å²) in [7, 11) is -3.76. The molecule has 0 saturated carbocycles. The fourth-order valence-corrected chi connectivity index (χ4v) is 3.92. The highest BCUT2D eigenvalue weighted by Gasteiger charge is 2.24. The highest BCUT2D eigenvalue weighted by atomic mass is 32.2. The molecule has 2 rings (SSSR count). The lowest BCUT2D eigenvalue weighted by atomic mass is 10.2. The number of hydrogen-bond acceptors (Lipinski definition) is 3. The highest BCUT2D eigenvalue weighted by Crippen LogP contribution is 2.30. The van der Waals surface area contributed by atoms with Crippen LogP contribution in [0.15, 0.2) is 51.7 Å². The van der Waals surface area contributed by atoms with Gasteiger partial charge in [-0.15, -0.1) is 11.3 Å². The van der Waals surface area contributed by atoms with Crippen LogP contribution in [0.5, 0.6) is 0 Å². The average molecular weight is 303 g/mol. The number of thiophene rings is 1. The molecule has 3 nitrogen and oxygen atoms in total. The number of aryl methyl sites for hydroxylation is 1. The summed E-state index contributed by atoms with van der Waals surface area (Å²) in [4.78, 5) is 4.22. The Morgan fingerprint density at radius 2 is 1.85 bits per heavy atom. The summed E-state index contributed by atoms with van der Waals surface area (Å²) in [6.45, 7) is 10.8. The normalized spacial score (nSPS) is 12.7. The summed E-state index contributed by atoms with van der Waals surface area (Å²) in [5.74, 6) is 0. The van der Waals surface area contributed by atoms with Gasteiger partial charge in [-0.05, 0) is 43.0 Å². The van der Waals surface area contributed by atoms with Crippen LogP contribution >= 0.6 is 11.3 Å². The molecule has 1 aromatic heterocycles. The number of nitrogens with zero attached hydrogens (tertiary/aromatic N) is 1. The molecule has 0 aliphatic heterocycles. The standard InChI is InChI=1S/C15H13NO2S2/c1-11-6-8-13(9-7-11)20(17,18)15(16-3)12(2)14-5-4-10-19-14/h4-10H,1-2H3/b15-12-. The van der Waals surface area contributed by atoms with Gasteiger partial charge in [0, 0.05) is 4.88 Å². The van der Waals surface area contributed by atoms with Crippen molar-refractivity contribution in [1.82, 2.24) is 0 Å². The van der Waals surface area contributed by atoms with Crippen molar-refractivity contribution in [2.24, 2.45) is 0 Å². The smallest absolute Gasteiger partial charge is 0.230 e. The second-order valence-electron chi connectivity index (χ2n) is 4.34. The zero-order valence-corrected chi connectivity index (χ0v) is 12.8. The third-order valence-corrected chi connectivity index (χ3v) is 5.69. The number of sulfone groups is 1. The van der Waals surface area contributed by atoms with Crippen molar-refractivity contribution in [3.8, 4) is 0 Å². The van der Waals surface area contributed by atoms with Gasteiger partial charge in [-0.25, -0.2) is 13.3 Å². The average Bonchev–Trinajstić information content (AvgIpc) is 2.93. The predicted octanol–water partition coefficient (Wildman–Crippen LogP) is 4.14. The molecule has 0 bridgehead atoms. The Morgan fingerprint density at radius 3 is 2.35 bits per heavy atom. The van der Waals surface area contributed by atoms with Crippen molar-refractivity contribution < 1.29 is 8.42 Å². The summed E-state index contributed by atoms with van der Waals surface area (Å²) in [6, 6.07) is 10.2.